The first kappa shape index (κ1) is 20.7. The minimum atomic E-state index is -3.88. The third kappa shape index (κ3) is 4.90. The molecule has 0 fully saturated rings. The SMILES string of the molecule is CCN(c1ccccc1)S(=O)(=O)c1nnc(NC(=O)COc2ccccc2C)s1. The molecule has 0 atom stereocenters. The van der Waals surface area contributed by atoms with Crippen LogP contribution in [-0.2, 0) is 14.8 Å². The monoisotopic (exact) mass is 432 g/mol. The molecule has 3 aromatic rings. The topological polar surface area (TPSA) is 101 Å². The van der Waals surface area contributed by atoms with E-state index in [-0.39, 0.29) is 22.6 Å². The van der Waals surface area contributed by atoms with Gasteiger partial charge in [0.15, 0.2) is 6.61 Å². The summed E-state index contributed by atoms with van der Waals surface area (Å²) in [6.07, 6.45) is 0. The fraction of sp³-hybridized carbons (Fsp3) is 0.211. The summed E-state index contributed by atoms with van der Waals surface area (Å²) in [6.45, 7) is 3.62. The summed E-state index contributed by atoms with van der Waals surface area (Å²) in [5.41, 5.74) is 1.44. The summed E-state index contributed by atoms with van der Waals surface area (Å²) in [6, 6.07) is 16.1. The molecule has 2 aromatic carbocycles. The van der Waals surface area contributed by atoms with Crippen LogP contribution in [0.5, 0.6) is 5.75 Å². The lowest BCUT2D eigenvalue weighted by Crippen LogP contribution is -2.30. The smallest absolute Gasteiger partial charge is 0.293 e. The number of benzene rings is 2. The zero-order valence-corrected chi connectivity index (χ0v) is 17.5. The number of sulfonamides is 1. The highest BCUT2D eigenvalue weighted by Crippen LogP contribution is 2.27. The molecule has 3 rings (SSSR count). The van der Waals surface area contributed by atoms with Crippen molar-refractivity contribution >= 4 is 38.1 Å². The molecule has 0 spiro atoms. The first-order valence-electron chi connectivity index (χ1n) is 8.81. The number of ether oxygens (including phenoxy) is 1. The molecule has 0 saturated heterocycles. The van der Waals surface area contributed by atoms with Crippen molar-refractivity contribution in [2.75, 3.05) is 22.8 Å². The number of nitrogens with one attached hydrogen (secondary N) is 1. The minimum Gasteiger partial charge on any atom is -0.483 e. The number of carbonyl (C=O) groups excluding carboxylic acids is 1. The Morgan fingerprint density at radius 3 is 2.48 bits per heavy atom. The molecule has 0 aliphatic carbocycles. The quantitative estimate of drug-likeness (QED) is 0.549. The molecule has 1 aromatic heterocycles. The van der Waals surface area contributed by atoms with E-state index in [0.717, 1.165) is 16.9 Å². The molecule has 0 aliphatic heterocycles. The number of carbonyl (C=O) groups is 1. The van der Waals surface area contributed by atoms with Crippen LogP contribution in [0.15, 0.2) is 58.9 Å². The van der Waals surface area contributed by atoms with Crippen molar-refractivity contribution in [2.45, 2.75) is 18.2 Å². The van der Waals surface area contributed by atoms with Gasteiger partial charge in [0.05, 0.1) is 5.69 Å². The minimum absolute atomic E-state index is 0.0890. The van der Waals surface area contributed by atoms with Gasteiger partial charge in [-0.15, -0.1) is 10.2 Å². The summed E-state index contributed by atoms with van der Waals surface area (Å²) >= 11 is 0.792. The van der Waals surface area contributed by atoms with E-state index >= 15 is 0 Å². The number of aryl methyl sites for hydroxylation is 1. The molecule has 0 bridgehead atoms. The molecule has 29 heavy (non-hydrogen) atoms. The molecular formula is C19H20N4O4S2. The van der Waals surface area contributed by atoms with E-state index in [0.29, 0.717) is 11.4 Å². The van der Waals surface area contributed by atoms with E-state index in [4.69, 9.17) is 4.74 Å². The normalized spacial score (nSPS) is 11.1. The Morgan fingerprint density at radius 2 is 1.79 bits per heavy atom. The van der Waals surface area contributed by atoms with Gasteiger partial charge >= 0.3 is 0 Å². The standard InChI is InChI=1S/C19H20N4O4S2/c1-3-23(15-10-5-4-6-11-15)29(25,26)19-22-21-18(28-19)20-17(24)13-27-16-12-8-7-9-14(16)2/h4-12H,3,13H2,1-2H3,(H,20,21,24). The number of hydrogen-bond acceptors (Lipinski definition) is 7. The Kier molecular flexibility index (Phi) is 6.45. The van der Waals surface area contributed by atoms with E-state index in [9.17, 15) is 13.2 Å². The van der Waals surface area contributed by atoms with Crippen LogP contribution in [0.1, 0.15) is 12.5 Å². The Hall–Kier alpha value is -2.98. The maximum absolute atomic E-state index is 12.9. The number of aromatic nitrogens is 2. The van der Waals surface area contributed by atoms with Crippen LogP contribution in [0.4, 0.5) is 10.8 Å². The van der Waals surface area contributed by atoms with Gasteiger partial charge in [0.1, 0.15) is 5.75 Å². The first-order chi connectivity index (χ1) is 13.9. The molecule has 1 amide bonds. The fourth-order valence-electron chi connectivity index (χ4n) is 2.56. The second-order valence-electron chi connectivity index (χ2n) is 5.98. The van der Waals surface area contributed by atoms with Crippen LogP contribution >= 0.6 is 11.3 Å². The number of hydrogen-bond donors (Lipinski definition) is 1. The van der Waals surface area contributed by atoms with Crippen LogP contribution in [0.25, 0.3) is 0 Å². The van der Waals surface area contributed by atoms with Gasteiger partial charge < -0.3 is 4.74 Å². The maximum Gasteiger partial charge on any atom is 0.293 e. The second kappa shape index (κ2) is 9.01. The molecule has 8 nitrogen and oxygen atoms in total. The van der Waals surface area contributed by atoms with E-state index in [1.165, 1.54) is 4.31 Å². The molecule has 0 saturated carbocycles. The predicted molar refractivity (Wildman–Crippen MR) is 112 cm³/mol. The zero-order chi connectivity index (χ0) is 20.9. The van der Waals surface area contributed by atoms with Crippen molar-refractivity contribution in [3.05, 3.63) is 60.2 Å². The maximum atomic E-state index is 12.9. The van der Waals surface area contributed by atoms with Crippen molar-refractivity contribution in [3.63, 3.8) is 0 Å². The summed E-state index contributed by atoms with van der Waals surface area (Å²) in [7, 11) is -3.88. The van der Waals surface area contributed by atoms with E-state index in [2.05, 4.69) is 15.5 Å². The predicted octanol–water partition coefficient (Wildman–Crippen LogP) is 3.08. The van der Waals surface area contributed by atoms with Crippen molar-refractivity contribution in [1.82, 2.24) is 10.2 Å². The summed E-state index contributed by atoms with van der Waals surface area (Å²) in [4.78, 5) is 12.1. The van der Waals surface area contributed by atoms with Gasteiger partial charge in [0.25, 0.3) is 20.3 Å². The van der Waals surface area contributed by atoms with E-state index in [1.807, 2.05) is 31.2 Å². The van der Waals surface area contributed by atoms with Crippen molar-refractivity contribution < 1.29 is 17.9 Å². The average Bonchev–Trinajstić information content (AvgIpc) is 3.18. The molecule has 152 valence electrons. The average molecular weight is 433 g/mol. The van der Waals surface area contributed by atoms with Crippen LogP contribution in [0.2, 0.25) is 0 Å². The van der Waals surface area contributed by atoms with Crippen molar-refractivity contribution in [3.8, 4) is 5.75 Å². The molecule has 0 radical (unpaired) electrons. The summed E-state index contributed by atoms with van der Waals surface area (Å²) < 4.78 is 32.3. The van der Waals surface area contributed by atoms with Crippen LogP contribution in [0, 0.1) is 6.92 Å². The Bertz CT molecular complexity index is 1080. The van der Waals surface area contributed by atoms with Gasteiger partial charge in [0, 0.05) is 6.54 Å². The number of para-hydroxylation sites is 2. The largest absolute Gasteiger partial charge is 0.483 e. The Labute approximate surface area is 173 Å². The number of nitrogens with zero attached hydrogens (tertiary/aromatic N) is 3. The summed E-state index contributed by atoms with van der Waals surface area (Å²) in [5, 5.41) is 10.1. The highest BCUT2D eigenvalue weighted by atomic mass is 32.2. The number of rotatable bonds is 8. The van der Waals surface area contributed by atoms with Crippen molar-refractivity contribution in [1.29, 1.82) is 0 Å². The molecule has 10 heteroatoms. The molecule has 0 aliphatic rings. The Morgan fingerprint density at radius 1 is 1.10 bits per heavy atom. The van der Waals surface area contributed by atoms with Gasteiger partial charge in [-0.1, -0.05) is 47.7 Å². The fourth-order valence-corrected chi connectivity index (χ4v) is 5.05. The molecular weight excluding hydrogens is 412 g/mol. The van der Waals surface area contributed by atoms with Gasteiger partial charge in [-0.25, -0.2) is 0 Å². The Balaban J connectivity index is 1.68. The van der Waals surface area contributed by atoms with Gasteiger partial charge in [-0.3, -0.25) is 14.4 Å². The summed E-state index contributed by atoms with van der Waals surface area (Å²) in [5.74, 6) is 0.147. The van der Waals surface area contributed by atoms with E-state index < -0.39 is 15.9 Å². The highest BCUT2D eigenvalue weighted by molar-refractivity contribution is 7.94. The lowest BCUT2D eigenvalue weighted by molar-refractivity contribution is -0.118. The zero-order valence-electron chi connectivity index (χ0n) is 15.9. The second-order valence-corrected chi connectivity index (χ2v) is 8.99. The van der Waals surface area contributed by atoms with Crippen LogP contribution in [0.3, 0.4) is 0 Å². The van der Waals surface area contributed by atoms with E-state index in [1.54, 1.807) is 37.3 Å². The van der Waals surface area contributed by atoms with Crippen LogP contribution in [-0.4, -0.2) is 37.7 Å². The third-order valence-corrected chi connectivity index (χ3v) is 7.03. The van der Waals surface area contributed by atoms with Gasteiger partial charge in [-0.2, -0.15) is 8.42 Å². The number of amides is 1. The molecule has 0 unspecified atom stereocenters. The van der Waals surface area contributed by atoms with Gasteiger partial charge in [-0.05, 0) is 37.6 Å². The number of anilines is 2. The van der Waals surface area contributed by atoms with Gasteiger partial charge in [0.2, 0.25) is 5.13 Å². The highest BCUT2D eigenvalue weighted by Gasteiger charge is 2.28. The first-order valence-corrected chi connectivity index (χ1v) is 11.1. The van der Waals surface area contributed by atoms with Crippen molar-refractivity contribution in [2.24, 2.45) is 0 Å². The lowest BCUT2D eigenvalue weighted by Gasteiger charge is -2.20. The molecule has 1 N–H and O–H groups in total. The third-order valence-electron chi connectivity index (χ3n) is 3.95. The lowest BCUT2D eigenvalue weighted by atomic mass is 10.2. The molecule has 1 heterocycles. The van der Waals surface area contributed by atoms with Crippen LogP contribution < -0.4 is 14.4 Å².